The van der Waals surface area contributed by atoms with Crippen molar-refractivity contribution in [1.29, 1.82) is 0 Å². The lowest BCUT2D eigenvalue weighted by atomic mass is 9.99. The first-order valence-corrected chi connectivity index (χ1v) is 8.69. The van der Waals surface area contributed by atoms with E-state index in [0.29, 0.717) is 5.75 Å². The minimum atomic E-state index is -0.433. The van der Waals surface area contributed by atoms with Crippen molar-refractivity contribution in [2.45, 2.75) is 25.8 Å². The third-order valence-corrected chi connectivity index (χ3v) is 5.13. The Morgan fingerprint density at radius 1 is 1.36 bits per heavy atom. The molecule has 1 aromatic rings. The first-order chi connectivity index (χ1) is 10.6. The summed E-state index contributed by atoms with van der Waals surface area (Å²) >= 11 is 1.15. The van der Waals surface area contributed by atoms with Crippen molar-refractivity contribution >= 4 is 34.3 Å². The van der Waals surface area contributed by atoms with Crippen LogP contribution >= 0.6 is 11.8 Å². The molecule has 2 aliphatic heterocycles. The third-order valence-electron chi connectivity index (χ3n) is 4.25. The molecule has 0 aliphatic carbocycles. The Balaban J connectivity index is 1.63. The van der Waals surface area contributed by atoms with Crippen molar-refractivity contribution in [2.24, 2.45) is 5.92 Å². The number of carbonyl (C=O) groups is 2. The van der Waals surface area contributed by atoms with Crippen molar-refractivity contribution in [3.63, 3.8) is 0 Å². The maximum Gasteiger partial charge on any atom is 0.279 e. The third kappa shape index (κ3) is 3.55. The van der Waals surface area contributed by atoms with E-state index in [0.717, 1.165) is 42.1 Å². The number of rotatable bonds is 3. The summed E-state index contributed by atoms with van der Waals surface area (Å²) in [5, 5.41) is 5.43. The molecular weight excluding hydrogens is 298 g/mol. The monoisotopic (exact) mass is 319 g/mol. The second kappa shape index (κ2) is 6.60. The highest BCUT2D eigenvalue weighted by molar-refractivity contribution is 8.14. The minimum absolute atomic E-state index is 0.128. The average Bonchev–Trinajstić information content (AvgIpc) is 2.95. The molecule has 118 valence electrons. The summed E-state index contributed by atoms with van der Waals surface area (Å²) in [4.78, 5) is 25.7. The van der Waals surface area contributed by atoms with Crippen molar-refractivity contribution in [1.82, 2.24) is 5.32 Å². The van der Waals surface area contributed by atoms with E-state index in [1.54, 1.807) is 0 Å². The first kappa shape index (κ1) is 15.2. The molecule has 0 radical (unpaired) electrons. The van der Waals surface area contributed by atoms with Gasteiger partial charge < -0.3 is 15.5 Å². The Morgan fingerprint density at radius 2 is 2.14 bits per heavy atom. The maximum atomic E-state index is 12.1. The molecule has 1 aromatic carbocycles. The summed E-state index contributed by atoms with van der Waals surface area (Å²) < 4.78 is 0. The van der Waals surface area contributed by atoms with E-state index in [1.165, 1.54) is 12.8 Å². The average molecular weight is 319 g/mol. The van der Waals surface area contributed by atoms with Gasteiger partial charge in [0, 0.05) is 30.2 Å². The molecule has 1 atom stereocenters. The summed E-state index contributed by atoms with van der Waals surface area (Å²) in [6.45, 7) is 4.42. The van der Waals surface area contributed by atoms with Gasteiger partial charge in [-0.05, 0) is 37.0 Å². The van der Waals surface area contributed by atoms with Gasteiger partial charge in [-0.2, -0.15) is 0 Å². The van der Waals surface area contributed by atoms with Crippen LogP contribution in [0.2, 0.25) is 0 Å². The van der Waals surface area contributed by atoms with Crippen molar-refractivity contribution in [2.75, 3.05) is 29.1 Å². The molecule has 2 heterocycles. The van der Waals surface area contributed by atoms with Gasteiger partial charge >= 0.3 is 0 Å². The van der Waals surface area contributed by atoms with Gasteiger partial charge in [0.15, 0.2) is 0 Å². The van der Waals surface area contributed by atoms with Gasteiger partial charge in [0.2, 0.25) is 5.91 Å². The topological polar surface area (TPSA) is 61.4 Å². The van der Waals surface area contributed by atoms with Gasteiger partial charge in [-0.25, -0.2) is 0 Å². The van der Waals surface area contributed by atoms with Crippen LogP contribution < -0.4 is 15.5 Å². The largest absolute Gasteiger partial charge is 0.371 e. The maximum absolute atomic E-state index is 12.1. The fraction of sp³-hybridized carbons (Fsp3) is 0.500. The first-order valence-electron chi connectivity index (χ1n) is 7.71. The van der Waals surface area contributed by atoms with Gasteiger partial charge in [-0.1, -0.05) is 24.8 Å². The molecule has 2 N–H and O–H groups in total. The van der Waals surface area contributed by atoms with E-state index >= 15 is 0 Å². The lowest BCUT2D eigenvalue weighted by Gasteiger charge is -2.32. The quantitative estimate of drug-likeness (QED) is 0.899. The van der Waals surface area contributed by atoms with Crippen LogP contribution in [-0.2, 0) is 4.79 Å². The van der Waals surface area contributed by atoms with Crippen molar-refractivity contribution in [3.05, 3.63) is 24.3 Å². The molecule has 1 unspecified atom stereocenters. The second-order valence-corrected chi connectivity index (χ2v) is 7.00. The van der Waals surface area contributed by atoms with E-state index in [-0.39, 0.29) is 11.1 Å². The van der Waals surface area contributed by atoms with E-state index in [9.17, 15) is 9.59 Å². The summed E-state index contributed by atoms with van der Waals surface area (Å²) in [5.41, 5.74) is 1.93. The van der Waals surface area contributed by atoms with Crippen LogP contribution in [0.4, 0.5) is 16.2 Å². The number of thioether (sulfide) groups is 1. The number of nitrogens with one attached hydrogen (secondary N) is 2. The van der Waals surface area contributed by atoms with Crippen LogP contribution in [0.25, 0.3) is 0 Å². The number of anilines is 2. The molecule has 0 saturated carbocycles. The zero-order valence-electron chi connectivity index (χ0n) is 12.7. The predicted molar refractivity (Wildman–Crippen MR) is 90.5 cm³/mol. The van der Waals surface area contributed by atoms with E-state index in [1.807, 2.05) is 18.2 Å². The lowest BCUT2D eigenvalue weighted by Crippen LogP contribution is -2.38. The van der Waals surface area contributed by atoms with Crippen LogP contribution in [0.5, 0.6) is 0 Å². The van der Waals surface area contributed by atoms with Crippen LogP contribution in [0.15, 0.2) is 24.3 Å². The highest BCUT2D eigenvalue weighted by Gasteiger charge is 2.28. The Bertz CT molecular complexity index is 570. The van der Waals surface area contributed by atoms with Gasteiger partial charge in [0.25, 0.3) is 5.24 Å². The van der Waals surface area contributed by atoms with Crippen LogP contribution in [0.1, 0.15) is 19.8 Å². The van der Waals surface area contributed by atoms with Gasteiger partial charge in [-0.3, -0.25) is 9.59 Å². The molecule has 3 rings (SSSR count). The van der Waals surface area contributed by atoms with Crippen molar-refractivity contribution in [3.8, 4) is 0 Å². The molecule has 0 bridgehead atoms. The number of nitrogens with zero attached hydrogens (tertiary/aromatic N) is 1. The minimum Gasteiger partial charge on any atom is -0.371 e. The Labute approximate surface area is 134 Å². The number of hydrogen-bond acceptors (Lipinski definition) is 4. The van der Waals surface area contributed by atoms with Crippen LogP contribution in [0.3, 0.4) is 0 Å². The molecule has 2 fully saturated rings. The summed E-state index contributed by atoms with van der Waals surface area (Å²) in [7, 11) is 0. The normalized spacial score (nSPS) is 22.5. The Kier molecular flexibility index (Phi) is 4.57. The fourth-order valence-corrected chi connectivity index (χ4v) is 3.58. The Morgan fingerprint density at radius 3 is 2.82 bits per heavy atom. The summed E-state index contributed by atoms with van der Waals surface area (Å²) in [6, 6.07) is 7.51. The number of amides is 2. The SMILES string of the molecule is CC1CCN(c2cccc(NC(=O)C3CSC(=O)N3)c2)CC1. The van der Waals surface area contributed by atoms with E-state index in [2.05, 4.69) is 28.5 Å². The molecule has 2 amide bonds. The highest BCUT2D eigenvalue weighted by atomic mass is 32.2. The zero-order valence-corrected chi connectivity index (χ0v) is 13.5. The van der Waals surface area contributed by atoms with Crippen LogP contribution in [-0.4, -0.2) is 36.0 Å². The molecule has 5 nitrogen and oxygen atoms in total. The fourth-order valence-electron chi connectivity index (χ4n) is 2.80. The molecule has 0 aromatic heterocycles. The number of piperidine rings is 1. The van der Waals surface area contributed by atoms with Gasteiger partial charge in [0.05, 0.1) is 0 Å². The highest BCUT2D eigenvalue weighted by Crippen LogP contribution is 2.25. The van der Waals surface area contributed by atoms with Gasteiger partial charge in [-0.15, -0.1) is 0 Å². The zero-order chi connectivity index (χ0) is 15.5. The number of benzene rings is 1. The number of hydrogen-bond donors (Lipinski definition) is 2. The Hall–Kier alpha value is -1.69. The van der Waals surface area contributed by atoms with Crippen molar-refractivity contribution < 1.29 is 9.59 Å². The summed E-state index contributed by atoms with van der Waals surface area (Å²) in [6.07, 6.45) is 2.42. The molecule has 6 heteroatoms. The van der Waals surface area contributed by atoms with E-state index < -0.39 is 6.04 Å². The molecular formula is C16H21N3O2S. The number of carbonyl (C=O) groups excluding carboxylic acids is 2. The van der Waals surface area contributed by atoms with Crippen LogP contribution in [0, 0.1) is 5.92 Å². The standard InChI is InChI=1S/C16H21N3O2S/c1-11-5-7-19(8-6-11)13-4-2-3-12(9-13)17-15(20)14-10-22-16(21)18-14/h2-4,9,11,14H,5-8,10H2,1H3,(H,17,20)(H,18,21). The smallest absolute Gasteiger partial charge is 0.279 e. The molecule has 2 aliphatic rings. The summed E-state index contributed by atoms with van der Waals surface area (Å²) in [5.74, 6) is 1.14. The molecule has 2 saturated heterocycles. The van der Waals surface area contributed by atoms with Gasteiger partial charge in [0.1, 0.15) is 6.04 Å². The van der Waals surface area contributed by atoms with E-state index in [4.69, 9.17) is 0 Å². The molecule has 0 spiro atoms. The predicted octanol–water partition coefficient (Wildman–Crippen LogP) is 2.69. The lowest BCUT2D eigenvalue weighted by molar-refractivity contribution is -0.117. The second-order valence-electron chi connectivity index (χ2n) is 6.00. The molecule has 22 heavy (non-hydrogen) atoms.